The van der Waals surface area contributed by atoms with Gasteiger partial charge in [-0.05, 0) is 48.5 Å². The van der Waals surface area contributed by atoms with E-state index in [4.69, 9.17) is 16.0 Å². The van der Waals surface area contributed by atoms with Crippen LogP contribution in [0, 0.1) is 5.92 Å². The average Bonchev–Trinajstić information content (AvgIpc) is 3.53. The number of imide groups is 1. The van der Waals surface area contributed by atoms with Crippen LogP contribution < -0.4 is 9.91 Å². The Morgan fingerprint density at radius 2 is 1.56 bits per heavy atom. The Morgan fingerprint density at radius 3 is 2.29 bits per heavy atom. The second-order valence-electron chi connectivity index (χ2n) is 8.05. The molecule has 0 N–H and O–H groups in total. The summed E-state index contributed by atoms with van der Waals surface area (Å²) in [5.41, 5.74) is 1.51. The molecule has 7 nitrogen and oxygen atoms in total. The van der Waals surface area contributed by atoms with Gasteiger partial charge in [-0.15, -0.1) is 0 Å². The fourth-order valence-electron chi connectivity index (χ4n) is 4.46. The third-order valence-corrected chi connectivity index (χ3v) is 6.29. The van der Waals surface area contributed by atoms with Crippen LogP contribution in [0.2, 0.25) is 5.02 Å². The summed E-state index contributed by atoms with van der Waals surface area (Å²) in [6, 6.07) is 23.2. The second-order valence-corrected chi connectivity index (χ2v) is 8.49. The number of rotatable bonds is 4. The lowest BCUT2D eigenvalue weighted by Gasteiger charge is -2.22. The van der Waals surface area contributed by atoms with E-state index in [1.54, 1.807) is 66.7 Å². The Bertz CT molecular complexity index is 1460. The van der Waals surface area contributed by atoms with E-state index >= 15 is 0 Å². The van der Waals surface area contributed by atoms with Crippen molar-refractivity contribution in [3.63, 3.8) is 0 Å². The summed E-state index contributed by atoms with van der Waals surface area (Å²) in [6.45, 7) is 0. The van der Waals surface area contributed by atoms with E-state index in [2.05, 4.69) is 5.10 Å². The van der Waals surface area contributed by atoms with E-state index in [0.717, 1.165) is 10.3 Å². The molecule has 3 aromatic carbocycles. The number of carbonyl (C=O) groups is 3. The fraction of sp³-hybridized carbons (Fsp3) is 0.0769. The molecule has 0 saturated carbocycles. The predicted octanol–water partition coefficient (Wildman–Crippen LogP) is 4.70. The van der Waals surface area contributed by atoms with Crippen LogP contribution in [0.5, 0.6) is 0 Å². The number of carbonyl (C=O) groups excluding carboxylic acids is 3. The highest BCUT2D eigenvalue weighted by molar-refractivity contribution is 6.53. The van der Waals surface area contributed by atoms with Crippen molar-refractivity contribution in [1.82, 2.24) is 0 Å². The second kappa shape index (κ2) is 7.67. The van der Waals surface area contributed by atoms with Crippen molar-refractivity contribution in [1.29, 1.82) is 0 Å². The number of para-hydroxylation sites is 2. The number of hydrogen-bond donors (Lipinski definition) is 0. The zero-order valence-electron chi connectivity index (χ0n) is 17.6. The molecule has 3 heterocycles. The molecule has 6 rings (SSSR count). The molecule has 2 aliphatic heterocycles. The van der Waals surface area contributed by atoms with Crippen LogP contribution in [0.15, 0.2) is 94.4 Å². The summed E-state index contributed by atoms with van der Waals surface area (Å²) in [5, 5.41) is 7.18. The molecular weight excluding hydrogens is 454 g/mol. The number of amides is 2. The summed E-state index contributed by atoms with van der Waals surface area (Å²) in [7, 11) is 0. The molecule has 2 amide bonds. The van der Waals surface area contributed by atoms with E-state index in [9.17, 15) is 14.4 Å². The number of nitrogens with zero attached hydrogens (tertiary/aromatic N) is 3. The summed E-state index contributed by atoms with van der Waals surface area (Å²) in [5.74, 6) is -2.48. The van der Waals surface area contributed by atoms with Gasteiger partial charge in [-0.1, -0.05) is 48.0 Å². The molecule has 166 valence electrons. The number of fused-ring (bicyclic) bond motifs is 2. The van der Waals surface area contributed by atoms with Crippen LogP contribution in [0.25, 0.3) is 11.0 Å². The molecule has 34 heavy (non-hydrogen) atoms. The van der Waals surface area contributed by atoms with Crippen LogP contribution in [0.4, 0.5) is 11.4 Å². The van der Waals surface area contributed by atoms with Crippen LogP contribution in [-0.2, 0) is 9.59 Å². The number of benzene rings is 3. The first-order chi connectivity index (χ1) is 16.5. The fourth-order valence-corrected chi connectivity index (χ4v) is 4.59. The van der Waals surface area contributed by atoms with Gasteiger partial charge in [-0.25, -0.2) is 4.90 Å². The van der Waals surface area contributed by atoms with Crippen LogP contribution >= 0.6 is 11.6 Å². The van der Waals surface area contributed by atoms with Gasteiger partial charge in [0.1, 0.15) is 23.3 Å². The Labute approximate surface area is 198 Å². The quantitative estimate of drug-likeness (QED) is 0.319. The monoisotopic (exact) mass is 469 g/mol. The Kier molecular flexibility index (Phi) is 4.60. The summed E-state index contributed by atoms with van der Waals surface area (Å²) in [4.78, 5) is 41.7. The first-order valence-corrected chi connectivity index (χ1v) is 11.0. The van der Waals surface area contributed by atoms with Crippen LogP contribution in [-0.4, -0.2) is 29.4 Å². The first kappa shape index (κ1) is 20.4. The Hall–Kier alpha value is -4.23. The maximum absolute atomic E-state index is 13.5. The van der Waals surface area contributed by atoms with Crippen LogP contribution in [0.1, 0.15) is 10.6 Å². The topological polar surface area (TPSA) is 83.2 Å². The number of halogens is 1. The van der Waals surface area contributed by atoms with Gasteiger partial charge in [0.2, 0.25) is 11.7 Å². The van der Waals surface area contributed by atoms with Gasteiger partial charge < -0.3 is 4.42 Å². The summed E-state index contributed by atoms with van der Waals surface area (Å²) in [6.07, 6.45) is 0. The maximum atomic E-state index is 13.5. The van der Waals surface area contributed by atoms with Gasteiger partial charge in [0.15, 0.2) is 5.76 Å². The minimum absolute atomic E-state index is 0.0317. The minimum Gasteiger partial charge on any atom is -0.453 e. The average molecular weight is 470 g/mol. The molecule has 4 aromatic rings. The SMILES string of the molecule is O=C(C1=NN(c2ccc(Cl)cc2)C2C(=O)N(c3ccccc3)C(=O)C12)c1cc2ccccc2o1. The molecule has 2 aliphatic rings. The molecule has 1 saturated heterocycles. The lowest BCUT2D eigenvalue weighted by Crippen LogP contribution is -2.39. The molecule has 2 unspecified atom stereocenters. The predicted molar refractivity (Wildman–Crippen MR) is 128 cm³/mol. The zero-order valence-corrected chi connectivity index (χ0v) is 18.3. The number of anilines is 2. The van der Waals surface area contributed by atoms with E-state index < -0.39 is 29.6 Å². The third-order valence-electron chi connectivity index (χ3n) is 6.04. The maximum Gasteiger partial charge on any atom is 0.259 e. The number of hydrazone groups is 1. The standard InChI is InChI=1S/C26H16ClN3O4/c27-16-10-12-18(13-11-16)30-23-21(25(32)29(26(23)33)17-7-2-1-3-8-17)22(28-30)24(31)20-14-15-6-4-5-9-19(15)34-20/h1-14,21,23H. The minimum atomic E-state index is -1.07. The molecular formula is C26H16ClN3O4. The van der Waals surface area contributed by atoms with Crippen LogP contribution in [0.3, 0.4) is 0 Å². The highest BCUT2D eigenvalue weighted by Gasteiger charge is 2.58. The van der Waals surface area contributed by atoms with Crippen molar-refractivity contribution in [2.75, 3.05) is 9.91 Å². The number of ketones is 1. The number of Topliss-reactive ketones (excluding diaryl/α,β-unsaturated/α-hetero) is 1. The smallest absolute Gasteiger partial charge is 0.259 e. The molecule has 1 aromatic heterocycles. The van der Waals surface area contributed by atoms with Gasteiger partial charge in [0.05, 0.1) is 11.4 Å². The van der Waals surface area contributed by atoms with Gasteiger partial charge in [0.25, 0.3) is 5.91 Å². The molecule has 8 heteroatoms. The van der Waals surface area contributed by atoms with Gasteiger partial charge in [-0.3, -0.25) is 19.4 Å². The zero-order chi connectivity index (χ0) is 23.4. The highest BCUT2D eigenvalue weighted by atomic mass is 35.5. The summed E-state index contributed by atoms with van der Waals surface area (Å²) < 4.78 is 5.74. The molecule has 0 spiro atoms. The molecule has 0 radical (unpaired) electrons. The van der Waals surface area contributed by atoms with Gasteiger partial charge >= 0.3 is 0 Å². The van der Waals surface area contributed by atoms with Crippen molar-refractivity contribution in [3.05, 3.63) is 95.7 Å². The van der Waals surface area contributed by atoms with Gasteiger partial charge in [-0.2, -0.15) is 5.10 Å². The highest BCUT2D eigenvalue weighted by Crippen LogP contribution is 2.39. The van der Waals surface area contributed by atoms with E-state index in [0.29, 0.717) is 22.0 Å². The van der Waals surface area contributed by atoms with Crippen molar-refractivity contribution in [2.45, 2.75) is 6.04 Å². The number of hydrogen-bond acceptors (Lipinski definition) is 6. The van der Waals surface area contributed by atoms with E-state index in [1.807, 2.05) is 18.2 Å². The van der Waals surface area contributed by atoms with E-state index in [1.165, 1.54) is 5.01 Å². The first-order valence-electron chi connectivity index (χ1n) is 10.6. The van der Waals surface area contributed by atoms with Crippen molar-refractivity contribution >= 4 is 57.3 Å². The molecule has 0 bridgehead atoms. The Morgan fingerprint density at radius 1 is 0.853 bits per heavy atom. The largest absolute Gasteiger partial charge is 0.453 e. The molecule has 0 aliphatic carbocycles. The van der Waals surface area contributed by atoms with Crippen molar-refractivity contribution in [3.8, 4) is 0 Å². The lowest BCUT2D eigenvalue weighted by atomic mass is 9.94. The Balaban J connectivity index is 1.46. The molecule has 2 atom stereocenters. The summed E-state index contributed by atoms with van der Waals surface area (Å²) >= 11 is 6.03. The van der Waals surface area contributed by atoms with Crippen molar-refractivity contribution in [2.24, 2.45) is 11.0 Å². The normalized spacial score (nSPS) is 19.6. The van der Waals surface area contributed by atoms with Gasteiger partial charge in [0, 0.05) is 10.4 Å². The third kappa shape index (κ3) is 3.05. The van der Waals surface area contributed by atoms with E-state index in [-0.39, 0.29) is 11.5 Å². The molecule has 1 fully saturated rings. The lowest BCUT2D eigenvalue weighted by molar-refractivity contribution is -0.121. The van der Waals surface area contributed by atoms with Crippen molar-refractivity contribution < 1.29 is 18.8 Å². The number of furan rings is 1.